The van der Waals surface area contributed by atoms with Gasteiger partial charge < -0.3 is 9.80 Å². The lowest BCUT2D eigenvalue weighted by Gasteiger charge is -2.33. The predicted molar refractivity (Wildman–Crippen MR) is 95.9 cm³/mol. The molecule has 4 rings (SSSR count). The van der Waals surface area contributed by atoms with Gasteiger partial charge in [0.25, 0.3) is 0 Å². The Bertz CT molecular complexity index is 582. The molecule has 1 aliphatic carbocycles. The highest BCUT2D eigenvalue weighted by molar-refractivity contribution is 5.76. The molecule has 3 aliphatic rings. The molecular formula is C20H29N3O. The number of piperidine rings is 1. The van der Waals surface area contributed by atoms with Crippen LogP contribution in [-0.4, -0.2) is 42.0 Å². The van der Waals surface area contributed by atoms with Crippen molar-refractivity contribution in [2.75, 3.05) is 31.1 Å². The van der Waals surface area contributed by atoms with E-state index in [1.54, 1.807) is 0 Å². The van der Waals surface area contributed by atoms with Crippen molar-refractivity contribution in [3.8, 4) is 0 Å². The molecule has 2 unspecified atom stereocenters. The molecule has 0 radical (unpaired) electrons. The number of rotatable bonds is 3. The van der Waals surface area contributed by atoms with Gasteiger partial charge in [0.1, 0.15) is 5.82 Å². The Morgan fingerprint density at radius 2 is 1.83 bits per heavy atom. The second-order valence-corrected chi connectivity index (χ2v) is 8.02. The van der Waals surface area contributed by atoms with Crippen LogP contribution in [0.2, 0.25) is 0 Å². The summed E-state index contributed by atoms with van der Waals surface area (Å²) in [4.78, 5) is 21.8. The van der Waals surface area contributed by atoms with Crippen molar-refractivity contribution in [2.24, 2.45) is 17.8 Å². The zero-order chi connectivity index (χ0) is 16.5. The summed E-state index contributed by atoms with van der Waals surface area (Å²) in [6, 6.07) is 6.22. The highest BCUT2D eigenvalue weighted by Gasteiger charge is 2.38. The number of amides is 1. The molecule has 2 atom stereocenters. The van der Waals surface area contributed by atoms with Gasteiger partial charge in [0, 0.05) is 38.3 Å². The van der Waals surface area contributed by atoms with Gasteiger partial charge in [0.05, 0.1) is 0 Å². The summed E-state index contributed by atoms with van der Waals surface area (Å²) in [5.74, 6) is 3.68. The third-order valence-corrected chi connectivity index (χ3v) is 6.35. The van der Waals surface area contributed by atoms with E-state index in [1.807, 2.05) is 13.0 Å². The van der Waals surface area contributed by atoms with Crippen molar-refractivity contribution in [1.82, 2.24) is 9.88 Å². The van der Waals surface area contributed by atoms with E-state index in [9.17, 15) is 4.79 Å². The second-order valence-electron chi connectivity index (χ2n) is 8.02. The highest BCUT2D eigenvalue weighted by Crippen LogP contribution is 2.38. The van der Waals surface area contributed by atoms with Crippen molar-refractivity contribution in [1.29, 1.82) is 0 Å². The Kier molecular flexibility index (Phi) is 4.47. The van der Waals surface area contributed by atoms with E-state index < -0.39 is 0 Å². The van der Waals surface area contributed by atoms with Gasteiger partial charge in [0.15, 0.2) is 0 Å². The van der Waals surface area contributed by atoms with Crippen LogP contribution < -0.4 is 4.90 Å². The van der Waals surface area contributed by atoms with Crippen LogP contribution in [-0.2, 0) is 4.79 Å². The maximum absolute atomic E-state index is 12.6. The summed E-state index contributed by atoms with van der Waals surface area (Å²) in [5.41, 5.74) is 1.07. The molecule has 2 aliphatic heterocycles. The molecule has 130 valence electrons. The fourth-order valence-electron chi connectivity index (χ4n) is 4.89. The molecule has 4 heteroatoms. The van der Waals surface area contributed by atoms with Gasteiger partial charge in [-0.1, -0.05) is 12.5 Å². The van der Waals surface area contributed by atoms with E-state index in [1.165, 1.54) is 19.3 Å². The topological polar surface area (TPSA) is 36.4 Å². The fourth-order valence-corrected chi connectivity index (χ4v) is 4.89. The van der Waals surface area contributed by atoms with E-state index in [4.69, 9.17) is 0 Å². The van der Waals surface area contributed by atoms with Crippen LogP contribution in [0.3, 0.4) is 0 Å². The monoisotopic (exact) mass is 327 g/mol. The largest absolute Gasteiger partial charge is 0.357 e. The number of aromatic nitrogens is 1. The van der Waals surface area contributed by atoms with Crippen molar-refractivity contribution in [3.63, 3.8) is 0 Å². The number of carbonyl (C=O) groups is 1. The number of anilines is 1. The van der Waals surface area contributed by atoms with Gasteiger partial charge in [-0.2, -0.15) is 0 Å². The average Bonchev–Trinajstić information content (AvgIpc) is 3.17. The zero-order valence-electron chi connectivity index (χ0n) is 14.8. The lowest BCUT2D eigenvalue weighted by Crippen LogP contribution is -2.37. The molecule has 2 saturated heterocycles. The molecule has 1 aromatic heterocycles. The second kappa shape index (κ2) is 6.73. The third kappa shape index (κ3) is 3.28. The Balaban J connectivity index is 1.26. The number of nitrogens with zero attached hydrogens (tertiary/aromatic N) is 3. The van der Waals surface area contributed by atoms with Crippen molar-refractivity contribution in [3.05, 3.63) is 23.9 Å². The SMILES string of the molecule is Cc1cccc(N2CCC(CC(=O)N3CC4CCCC4C3)CC2)n1. The smallest absolute Gasteiger partial charge is 0.222 e. The number of carbonyl (C=O) groups excluding carboxylic acids is 1. The normalized spacial score (nSPS) is 27.5. The first-order chi connectivity index (χ1) is 11.7. The van der Waals surface area contributed by atoms with Crippen molar-refractivity contribution >= 4 is 11.7 Å². The summed E-state index contributed by atoms with van der Waals surface area (Å²) in [6.45, 7) is 6.17. The van der Waals surface area contributed by atoms with Crippen LogP contribution in [0, 0.1) is 24.7 Å². The third-order valence-electron chi connectivity index (χ3n) is 6.35. The summed E-state index contributed by atoms with van der Waals surface area (Å²) < 4.78 is 0. The highest BCUT2D eigenvalue weighted by atomic mass is 16.2. The minimum atomic E-state index is 0.413. The van der Waals surface area contributed by atoms with Crippen LogP contribution in [0.25, 0.3) is 0 Å². The minimum absolute atomic E-state index is 0.413. The molecule has 0 aromatic carbocycles. The maximum atomic E-state index is 12.6. The van der Waals surface area contributed by atoms with Crippen molar-refractivity contribution < 1.29 is 4.79 Å². The molecule has 3 fully saturated rings. The Morgan fingerprint density at radius 1 is 1.12 bits per heavy atom. The van der Waals surface area contributed by atoms with Gasteiger partial charge in [-0.05, 0) is 62.5 Å². The van der Waals surface area contributed by atoms with E-state index in [0.717, 1.165) is 68.8 Å². The number of likely N-dealkylation sites (tertiary alicyclic amines) is 1. The lowest BCUT2D eigenvalue weighted by molar-refractivity contribution is -0.131. The van der Waals surface area contributed by atoms with Gasteiger partial charge >= 0.3 is 0 Å². The number of fused-ring (bicyclic) bond motifs is 1. The molecule has 0 N–H and O–H groups in total. The minimum Gasteiger partial charge on any atom is -0.357 e. The molecule has 1 amide bonds. The Labute approximate surface area is 145 Å². The van der Waals surface area contributed by atoms with Crippen LogP contribution in [0.4, 0.5) is 5.82 Å². The van der Waals surface area contributed by atoms with Crippen LogP contribution in [0.15, 0.2) is 18.2 Å². The first-order valence-corrected chi connectivity index (χ1v) is 9.65. The average molecular weight is 327 g/mol. The number of aryl methyl sites for hydroxylation is 1. The molecular weight excluding hydrogens is 298 g/mol. The van der Waals surface area contributed by atoms with E-state index >= 15 is 0 Å². The number of pyridine rings is 1. The molecule has 0 spiro atoms. The molecule has 24 heavy (non-hydrogen) atoms. The fraction of sp³-hybridized carbons (Fsp3) is 0.700. The van der Waals surface area contributed by atoms with Crippen molar-refractivity contribution in [2.45, 2.75) is 45.4 Å². The van der Waals surface area contributed by atoms with Gasteiger partial charge in [0.2, 0.25) is 5.91 Å². The molecule has 4 nitrogen and oxygen atoms in total. The van der Waals surface area contributed by atoms with Gasteiger partial charge in [-0.25, -0.2) is 4.98 Å². The first-order valence-electron chi connectivity index (χ1n) is 9.65. The number of hydrogen-bond acceptors (Lipinski definition) is 3. The lowest BCUT2D eigenvalue weighted by atomic mass is 9.93. The van der Waals surface area contributed by atoms with Gasteiger partial charge in [-0.3, -0.25) is 4.79 Å². The zero-order valence-corrected chi connectivity index (χ0v) is 14.8. The molecule has 1 aromatic rings. The summed E-state index contributed by atoms with van der Waals surface area (Å²) in [7, 11) is 0. The van der Waals surface area contributed by atoms with Gasteiger partial charge in [-0.15, -0.1) is 0 Å². The van der Waals surface area contributed by atoms with E-state index in [2.05, 4.69) is 26.9 Å². The number of hydrogen-bond donors (Lipinski definition) is 0. The van der Waals surface area contributed by atoms with E-state index in [-0.39, 0.29) is 0 Å². The molecule has 0 bridgehead atoms. The Hall–Kier alpha value is -1.58. The standard InChI is InChI=1S/C20H29N3O/c1-15-4-2-7-19(21-15)22-10-8-16(9-11-22)12-20(24)23-13-17-5-3-6-18(17)14-23/h2,4,7,16-18H,3,5-6,8-14H2,1H3. The van der Waals surface area contributed by atoms with Crippen LogP contribution >= 0.6 is 0 Å². The molecule has 3 heterocycles. The summed E-state index contributed by atoms with van der Waals surface area (Å²) >= 11 is 0. The summed E-state index contributed by atoms with van der Waals surface area (Å²) in [5, 5.41) is 0. The van der Waals surface area contributed by atoms with E-state index in [0.29, 0.717) is 11.8 Å². The molecule has 1 saturated carbocycles. The quantitative estimate of drug-likeness (QED) is 0.855. The maximum Gasteiger partial charge on any atom is 0.222 e. The predicted octanol–water partition coefficient (Wildman–Crippen LogP) is 3.26. The first kappa shape index (κ1) is 15.9. The van der Waals surface area contributed by atoms with Crippen LogP contribution in [0.1, 0.15) is 44.2 Å². The summed E-state index contributed by atoms with van der Waals surface area (Å²) in [6.07, 6.45) is 7.05. The van der Waals surface area contributed by atoms with Crippen LogP contribution in [0.5, 0.6) is 0 Å². The Morgan fingerprint density at radius 3 is 2.50 bits per heavy atom.